The molecule has 0 saturated carbocycles. The molecule has 0 amide bonds. The van der Waals surface area contributed by atoms with Crippen LogP contribution in [0, 0.1) is 0 Å². The van der Waals surface area contributed by atoms with Crippen molar-refractivity contribution < 1.29 is 4.74 Å². The molecule has 18 heavy (non-hydrogen) atoms. The standard InChI is InChI=1S/C13H16BrCl2NO/c1-2-6-17-8-10-4-3-5-12(14)13(10)18-9-11(16)7-15/h3-5,7,17H,2,6,8-9H2,1H3. The van der Waals surface area contributed by atoms with Gasteiger partial charge in [-0.15, -0.1) is 0 Å². The fourth-order valence-corrected chi connectivity index (χ4v) is 2.07. The summed E-state index contributed by atoms with van der Waals surface area (Å²) in [4.78, 5) is 0. The predicted molar refractivity (Wildman–Crippen MR) is 81.4 cm³/mol. The molecule has 0 spiro atoms. The molecule has 0 aromatic heterocycles. The van der Waals surface area contributed by atoms with E-state index in [2.05, 4.69) is 28.2 Å². The molecule has 100 valence electrons. The lowest BCUT2D eigenvalue weighted by atomic mass is 10.2. The van der Waals surface area contributed by atoms with E-state index in [4.69, 9.17) is 27.9 Å². The summed E-state index contributed by atoms with van der Waals surface area (Å²) in [7, 11) is 0. The van der Waals surface area contributed by atoms with Crippen molar-refractivity contribution in [2.75, 3.05) is 13.2 Å². The van der Waals surface area contributed by atoms with Crippen LogP contribution in [0.25, 0.3) is 0 Å². The number of halogens is 3. The molecule has 1 aromatic carbocycles. The number of hydrogen-bond acceptors (Lipinski definition) is 2. The smallest absolute Gasteiger partial charge is 0.138 e. The molecular weight excluding hydrogens is 337 g/mol. The summed E-state index contributed by atoms with van der Waals surface area (Å²) in [6.07, 6.45) is 1.10. The van der Waals surface area contributed by atoms with E-state index >= 15 is 0 Å². The van der Waals surface area contributed by atoms with Crippen LogP contribution in [0.3, 0.4) is 0 Å². The van der Waals surface area contributed by atoms with Crippen molar-refractivity contribution in [2.45, 2.75) is 19.9 Å². The molecular formula is C13H16BrCl2NO. The Bertz CT molecular complexity index is 410. The number of rotatable bonds is 7. The average Bonchev–Trinajstić information content (AvgIpc) is 2.38. The zero-order chi connectivity index (χ0) is 13.4. The molecule has 0 bridgehead atoms. The average molecular weight is 353 g/mol. The van der Waals surface area contributed by atoms with Crippen LogP contribution < -0.4 is 10.1 Å². The van der Waals surface area contributed by atoms with Gasteiger partial charge in [0.15, 0.2) is 0 Å². The topological polar surface area (TPSA) is 21.3 Å². The number of nitrogens with one attached hydrogen (secondary N) is 1. The first-order chi connectivity index (χ1) is 8.69. The Kier molecular flexibility index (Phi) is 7.75. The largest absolute Gasteiger partial charge is 0.486 e. The first-order valence-corrected chi connectivity index (χ1v) is 7.35. The van der Waals surface area contributed by atoms with E-state index in [-0.39, 0.29) is 6.61 Å². The molecule has 5 heteroatoms. The molecule has 2 nitrogen and oxygen atoms in total. The van der Waals surface area contributed by atoms with Gasteiger partial charge in [0.05, 0.1) is 9.51 Å². The highest BCUT2D eigenvalue weighted by molar-refractivity contribution is 9.10. The van der Waals surface area contributed by atoms with E-state index in [0.29, 0.717) is 5.03 Å². The number of benzene rings is 1. The van der Waals surface area contributed by atoms with E-state index < -0.39 is 0 Å². The number of para-hydroxylation sites is 1. The van der Waals surface area contributed by atoms with Crippen molar-refractivity contribution in [1.29, 1.82) is 0 Å². The van der Waals surface area contributed by atoms with Gasteiger partial charge >= 0.3 is 0 Å². The van der Waals surface area contributed by atoms with Crippen molar-refractivity contribution in [1.82, 2.24) is 5.32 Å². The van der Waals surface area contributed by atoms with Crippen molar-refractivity contribution in [3.8, 4) is 5.75 Å². The first kappa shape index (κ1) is 15.8. The van der Waals surface area contributed by atoms with E-state index in [9.17, 15) is 0 Å². The minimum atomic E-state index is 0.272. The second-order valence-electron chi connectivity index (χ2n) is 3.75. The lowest BCUT2D eigenvalue weighted by Gasteiger charge is -2.13. The van der Waals surface area contributed by atoms with Gasteiger partial charge < -0.3 is 10.1 Å². The van der Waals surface area contributed by atoms with E-state index in [0.717, 1.165) is 35.3 Å². The SMILES string of the molecule is CCCNCc1cccc(Br)c1OCC(Cl)=CCl. The van der Waals surface area contributed by atoms with E-state index in [1.165, 1.54) is 5.54 Å². The maximum atomic E-state index is 5.82. The predicted octanol–water partition coefficient (Wildman–Crippen LogP) is 4.65. The molecule has 0 aliphatic heterocycles. The summed E-state index contributed by atoms with van der Waals surface area (Å²) in [5.41, 5.74) is 2.41. The molecule has 1 aromatic rings. The quantitative estimate of drug-likeness (QED) is 0.721. The Morgan fingerprint density at radius 3 is 2.94 bits per heavy atom. The van der Waals surface area contributed by atoms with Gasteiger partial charge in [-0.25, -0.2) is 0 Å². The molecule has 0 aliphatic rings. The summed E-state index contributed by atoms with van der Waals surface area (Å²) in [6.45, 7) is 4.16. The van der Waals surface area contributed by atoms with Crippen LogP contribution in [-0.2, 0) is 6.54 Å². The lowest BCUT2D eigenvalue weighted by molar-refractivity contribution is 0.352. The minimum Gasteiger partial charge on any atom is -0.486 e. The van der Waals surface area contributed by atoms with Crippen LogP contribution in [0.1, 0.15) is 18.9 Å². The van der Waals surface area contributed by atoms with Crippen molar-refractivity contribution in [3.63, 3.8) is 0 Å². The van der Waals surface area contributed by atoms with Gasteiger partial charge in [-0.2, -0.15) is 0 Å². The molecule has 0 fully saturated rings. The van der Waals surface area contributed by atoms with Crippen LogP contribution >= 0.6 is 39.1 Å². The third-order valence-corrected chi connectivity index (χ3v) is 3.48. The van der Waals surface area contributed by atoms with Crippen LogP contribution in [0.15, 0.2) is 33.2 Å². The van der Waals surface area contributed by atoms with Gasteiger partial charge in [0.2, 0.25) is 0 Å². The fraction of sp³-hybridized carbons (Fsp3) is 0.385. The maximum Gasteiger partial charge on any atom is 0.138 e. The van der Waals surface area contributed by atoms with E-state index in [1.807, 2.05) is 18.2 Å². The highest BCUT2D eigenvalue weighted by atomic mass is 79.9. The summed E-state index contributed by atoms with van der Waals surface area (Å²) in [5.74, 6) is 0.803. The van der Waals surface area contributed by atoms with Crippen molar-refractivity contribution >= 4 is 39.1 Å². The number of ether oxygens (including phenoxy) is 1. The Balaban J connectivity index is 2.73. The minimum absolute atomic E-state index is 0.272. The molecule has 0 atom stereocenters. The molecule has 0 heterocycles. The summed E-state index contributed by atoms with van der Waals surface area (Å²) in [6, 6.07) is 5.96. The highest BCUT2D eigenvalue weighted by Crippen LogP contribution is 2.29. The highest BCUT2D eigenvalue weighted by Gasteiger charge is 2.08. The van der Waals surface area contributed by atoms with Crippen LogP contribution in [0.4, 0.5) is 0 Å². The molecule has 1 N–H and O–H groups in total. The number of hydrogen-bond donors (Lipinski definition) is 1. The first-order valence-electron chi connectivity index (χ1n) is 5.74. The van der Waals surface area contributed by atoms with Gasteiger partial charge in [-0.1, -0.05) is 42.3 Å². The monoisotopic (exact) mass is 351 g/mol. The van der Waals surface area contributed by atoms with Gasteiger partial charge in [0.25, 0.3) is 0 Å². The van der Waals surface area contributed by atoms with Gasteiger partial charge in [0.1, 0.15) is 12.4 Å². The Morgan fingerprint density at radius 2 is 2.28 bits per heavy atom. The maximum absolute atomic E-state index is 5.82. The zero-order valence-electron chi connectivity index (χ0n) is 10.2. The second kappa shape index (κ2) is 8.81. The molecule has 0 saturated heterocycles. The third kappa shape index (κ3) is 5.19. The Hall–Kier alpha value is -0.220. The van der Waals surface area contributed by atoms with Crippen molar-refractivity contribution in [3.05, 3.63) is 38.8 Å². The Labute approximate surface area is 126 Å². The third-order valence-electron chi connectivity index (χ3n) is 2.26. The van der Waals surface area contributed by atoms with Gasteiger partial charge in [-0.3, -0.25) is 0 Å². The molecule has 0 radical (unpaired) electrons. The lowest BCUT2D eigenvalue weighted by Crippen LogP contribution is -2.15. The van der Waals surface area contributed by atoms with Crippen LogP contribution in [-0.4, -0.2) is 13.2 Å². The normalized spacial score (nSPS) is 11.7. The van der Waals surface area contributed by atoms with Crippen LogP contribution in [0.2, 0.25) is 0 Å². The van der Waals surface area contributed by atoms with Crippen LogP contribution in [0.5, 0.6) is 5.75 Å². The Morgan fingerprint density at radius 1 is 1.50 bits per heavy atom. The molecule has 0 aliphatic carbocycles. The summed E-state index contributed by atoms with van der Waals surface area (Å²) < 4.78 is 6.59. The molecule has 0 unspecified atom stereocenters. The second-order valence-corrected chi connectivity index (χ2v) is 5.31. The summed E-state index contributed by atoms with van der Waals surface area (Å²) in [5, 5.41) is 3.82. The summed E-state index contributed by atoms with van der Waals surface area (Å²) >= 11 is 14.8. The van der Waals surface area contributed by atoms with E-state index in [1.54, 1.807) is 0 Å². The zero-order valence-corrected chi connectivity index (χ0v) is 13.3. The van der Waals surface area contributed by atoms with Crippen molar-refractivity contribution in [2.24, 2.45) is 0 Å². The van der Waals surface area contributed by atoms with Gasteiger partial charge in [-0.05, 0) is 35.0 Å². The van der Waals surface area contributed by atoms with Gasteiger partial charge in [0, 0.05) is 17.6 Å². The molecule has 1 rings (SSSR count). The fourth-order valence-electron chi connectivity index (χ4n) is 1.43.